The third-order valence-electron chi connectivity index (χ3n) is 3.04. The van der Waals surface area contributed by atoms with Crippen molar-refractivity contribution in [1.29, 1.82) is 0 Å². The predicted octanol–water partition coefficient (Wildman–Crippen LogP) is 3.42. The summed E-state index contributed by atoms with van der Waals surface area (Å²) in [7, 11) is 3.21. The summed E-state index contributed by atoms with van der Waals surface area (Å²) in [6.45, 7) is 1.96. The first-order chi connectivity index (χ1) is 9.10. The minimum absolute atomic E-state index is 0.382. The topological polar surface area (TPSA) is 57.6 Å². The van der Waals surface area contributed by atoms with Gasteiger partial charge in [0.05, 0.1) is 26.5 Å². The minimum atomic E-state index is -0.382. The van der Waals surface area contributed by atoms with Crippen LogP contribution < -0.4 is 15.2 Å². The van der Waals surface area contributed by atoms with Gasteiger partial charge in [0.25, 0.3) is 0 Å². The summed E-state index contributed by atoms with van der Waals surface area (Å²) in [6, 6.07) is 5.24. The Bertz CT molecular complexity index is 580. The summed E-state index contributed by atoms with van der Waals surface area (Å²) in [5.41, 5.74) is 8.12. The van der Waals surface area contributed by atoms with Gasteiger partial charge in [0.15, 0.2) is 0 Å². The van der Waals surface area contributed by atoms with Crippen LogP contribution in [0.3, 0.4) is 0 Å². The molecule has 0 aliphatic carbocycles. The number of halogens is 1. The zero-order chi connectivity index (χ0) is 14.0. The quantitative estimate of drug-likeness (QED) is 0.935. The Kier molecular flexibility index (Phi) is 4.17. The van der Waals surface area contributed by atoms with Crippen molar-refractivity contribution < 1.29 is 13.9 Å². The standard InChI is InChI=1S/C14H16BrNO3/c1-8-6-7-19-13(8)12(16)9-4-5-10(17-2)11(15)14(9)18-3/h4-7,12H,16H2,1-3H3. The molecule has 102 valence electrons. The molecule has 5 heteroatoms. The van der Waals surface area contributed by atoms with Gasteiger partial charge in [0, 0.05) is 5.56 Å². The largest absolute Gasteiger partial charge is 0.495 e. The molecule has 1 unspecified atom stereocenters. The molecule has 0 spiro atoms. The first kappa shape index (κ1) is 14.0. The van der Waals surface area contributed by atoms with Crippen LogP contribution in [-0.4, -0.2) is 14.2 Å². The van der Waals surface area contributed by atoms with Crippen LogP contribution in [0.5, 0.6) is 11.5 Å². The number of ether oxygens (including phenoxy) is 2. The van der Waals surface area contributed by atoms with Crippen molar-refractivity contribution in [2.24, 2.45) is 5.73 Å². The van der Waals surface area contributed by atoms with Crippen LogP contribution in [0.2, 0.25) is 0 Å². The molecule has 0 aliphatic rings. The molecule has 0 radical (unpaired) electrons. The second-order valence-corrected chi connectivity index (χ2v) is 4.94. The normalized spacial score (nSPS) is 12.3. The molecule has 0 amide bonds. The van der Waals surface area contributed by atoms with Crippen molar-refractivity contribution in [1.82, 2.24) is 0 Å². The lowest BCUT2D eigenvalue weighted by Crippen LogP contribution is -2.13. The van der Waals surface area contributed by atoms with Crippen LogP contribution >= 0.6 is 15.9 Å². The average Bonchev–Trinajstić information content (AvgIpc) is 2.83. The Hall–Kier alpha value is -1.46. The van der Waals surface area contributed by atoms with E-state index in [1.165, 1.54) is 0 Å². The van der Waals surface area contributed by atoms with E-state index in [2.05, 4.69) is 15.9 Å². The van der Waals surface area contributed by atoms with Gasteiger partial charge in [-0.1, -0.05) is 0 Å². The van der Waals surface area contributed by atoms with E-state index in [4.69, 9.17) is 19.6 Å². The van der Waals surface area contributed by atoms with E-state index >= 15 is 0 Å². The lowest BCUT2D eigenvalue weighted by molar-refractivity contribution is 0.382. The second kappa shape index (κ2) is 5.67. The molecule has 0 aliphatic heterocycles. The number of nitrogens with two attached hydrogens (primary N) is 1. The SMILES string of the molecule is COc1ccc(C(N)c2occc2C)c(OC)c1Br. The van der Waals surface area contributed by atoms with Crippen LogP contribution in [0.25, 0.3) is 0 Å². The third kappa shape index (κ3) is 2.48. The van der Waals surface area contributed by atoms with E-state index < -0.39 is 0 Å². The van der Waals surface area contributed by atoms with Crippen LogP contribution in [0.4, 0.5) is 0 Å². The highest BCUT2D eigenvalue weighted by Gasteiger charge is 2.22. The summed E-state index contributed by atoms with van der Waals surface area (Å²) < 4.78 is 16.9. The summed E-state index contributed by atoms with van der Waals surface area (Å²) in [6.07, 6.45) is 1.63. The van der Waals surface area contributed by atoms with Gasteiger partial charge in [-0.25, -0.2) is 0 Å². The lowest BCUT2D eigenvalue weighted by Gasteiger charge is -2.17. The highest BCUT2D eigenvalue weighted by molar-refractivity contribution is 9.10. The van der Waals surface area contributed by atoms with E-state index in [1.54, 1.807) is 20.5 Å². The Labute approximate surface area is 120 Å². The molecule has 19 heavy (non-hydrogen) atoms. The van der Waals surface area contributed by atoms with Crippen molar-refractivity contribution in [2.45, 2.75) is 13.0 Å². The van der Waals surface area contributed by atoms with Crippen molar-refractivity contribution in [3.8, 4) is 11.5 Å². The molecule has 1 aromatic heterocycles. The number of methoxy groups -OCH3 is 2. The lowest BCUT2D eigenvalue weighted by atomic mass is 10.0. The summed E-state index contributed by atoms with van der Waals surface area (Å²) in [5, 5.41) is 0. The summed E-state index contributed by atoms with van der Waals surface area (Å²) in [5.74, 6) is 2.09. The van der Waals surface area contributed by atoms with E-state index in [0.29, 0.717) is 11.5 Å². The van der Waals surface area contributed by atoms with Gasteiger partial charge in [-0.15, -0.1) is 0 Å². The molecular formula is C14H16BrNO3. The Morgan fingerprint density at radius 1 is 1.21 bits per heavy atom. The molecular weight excluding hydrogens is 310 g/mol. The van der Waals surface area contributed by atoms with E-state index in [0.717, 1.165) is 21.4 Å². The molecule has 4 nitrogen and oxygen atoms in total. The highest BCUT2D eigenvalue weighted by Crippen LogP contribution is 2.40. The molecule has 2 rings (SSSR count). The maximum Gasteiger partial charge on any atom is 0.142 e. The first-order valence-corrected chi connectivity index (χ1v) is 6.59. The summed E-state index contributed by atoms with van der Waals surface area (Å²) in [4.78, 5) is 0. The fourth-order valence-electron chi connectivity index (χ4n) is 2.01. The van der Waals surface area contributed by atoms with Gasteiger partial charge in [-0.3, -0.25) is 0 Å². The number of hydrogen-bond donors (Lipinski definition) is 1. The number of benzene rings is 1. The van der Waals surface area contributed by atoms with Crippen LogP contribution in [0, 0.1) is 6.92 Å². The number of hydrogen-bond acceptors (Lipinski definition) is 4. The molecule has 0 saturated heterocycles. The van der Waals surface area contributed by atoms with Gasteiger partial charge in [-0.05, 0) is 46.6 Å². The molecule has 1 aromatic carbocycles. The zero-order valence-electron chi connectivity index (χ0n) is 11.1. The Balaban J connectivity index is 2.51. The molecule has 2 aromatic rings. The Morgan fingerprint density at radius 3 is 2.47 bits per heavy atom. The summed E-state index contributed by atoms with van der Waals surface area (Å²) >= 11 is 3.47. The van der Waals surface area contributed by atoms with Crippen LogP contribution in [0.15, 0.2) is 33.4 Å². The third-order valence-corrected chi connectivity index (χ3v) is 3.79. The van der Waals surface area contributed by atoms with Crippen LogP contribution in [0.1, 0.15) is 22.9 Å². The van der Waals surface area contributed by atoms with Crippen molar-refractivity contribution in [2.75, 3.05) is 14.2 Å². The molecule has 1 atom stereocenters. The monoisotopic (exact) mass is 325 g/mol. The molecule has 0 saturated carbocycles. The van der Waals surface area contributed by atoms with Crippen LogP contribution in [-0.2, 0) is 0 Å². The van der Waals surface area contributed by atoms with E-state index in [9.17, 15) is 0 Å². The number of rotatable bonds is 4. The Morgan fingerprint density at radius 2 is 1.95 bits per heavy atom. The van der Waals surface area contributed by atoms with Gasteiger partial charge in [-0.2, -0.15) is 0 Å². The second-order valence-electron chi connectivity index (χ2n) is 4.15. The highest BCUT2D eigenvalue weighted by atomic mass is 79.9. The molecule has 2 N–H and O–H groups in total. The number of aryl methyl sites for hydroxylation is 1. The van der Waals surface area contributed by atoms with Gasteiger partial charge in [0.1, 0.15) is 21.7 Å². The predicted molar refractivity (Wildman–Crippen MR) is 76.7 cm³/mol. The molecule has 1 heterocycles. The fourth-order valence-corrected chi connectivity index (χ4v) is 2.69. The van der Waals surface area contributed by atoms with E-state index in [-0.39, 0.29) is 6.04 Å². The zero-order valence-corrected chi connectivity index (χ0v) is 12.7. The fraction of sp³-hybridized carbons (Fsp3) is 0.286. The smallest absolute Gasteiger partial charge is 0.142 e. The van der Waals surface area contributed by atoms with E-state index in [1.807, 2.05) is 25.1 Å². The van der Waals surface area contributed by atoms with Crippen molar-refractivity contribution in [3.05, 3.63) is 45.8 Å². The average molecular weight is 326 g/mol. The first-order valence-electron chi connectivity index (χ1n) is 5.80. The van der Waals surface area contributed by atoms with Gasteiger partial charge < -0.3 is 19.6 Å². The van der Waals surface area contributed by atoms with Gasteiger partial charge >= 0.3 is 0 Å². The maximum atomic E-state index is 6.26. The number of furan rings is 1. The minimum Gasteiger partial charge on any atom is -0.495 e. The van der Waals surface area contributed by atoms with Crippen molar-refractivity contribution >= 4 is 15.9 Å². The van der Waals surface area contributed by atoms with Gasteiger partial charge in [0.2, 0.25) is 0 Å². The molecule has 0 fully saturated rings. The van der Waals surface area contributed by atoms with Crippen molar-refractivity contribution in [3.63, 3.8) is 0 Å². The maximum absolute atomic E-state index is 6.26. The molecule has 0 bridgehead atoms.